The van der Waals surface area contributed by atoms with Gasteiger partial charge in [-0.25, -0.2) is 13.1 Å². The van der Waals surface area contributed by atoms with Crippen LogP contribution in [0.1, 0.15) is 31.1 Å². The molecule has 1 aliphatic rings. The molecule has 2 rings (SSSR count). The number of rotatable bonds is 10. The average Bonchev–Trinajstić information content (AvgIpc) is 3.12. The minimum absolute atomic E-state index is 0.390. The van der Waals surface area contributed by atoms with Crippen molar-refractivity contribution in [3.8, 4) is 0 Å². The minimum atomic E-state index is -3.36. The Morgan fingerprint density at radius 3 is 2.90 bits per heavy atom. The molecule has 0 spiro atoms. The summed E-state index contributed by atoms with van der Waals surface area (Å²) in [5.41, 5.74) is 0. The second-order valence-corrected chi connectivity index (χ2v) is 7.99. The maximum absolute atomic E-state index is 12.1. The molecule has 0 aliphatic heterocycles. The molecule has 1 fully saturated rings. The molecule has 0 unspecified atom stereocenters. The Morgan fingerprint density at radius 2 is 2.20 bits per heavy atom. The molecule has 0 amide bonds. The van der Waals surface area contributed by atoms with Crippen LogP contribution in [0.3, 0.4) is 0 Å². The fourth-order valence-electron chi connectivity index (χ4n) is 1.73. The first-order valence-corrected chi connectivity index (χ1v) is 9.31. The van der Waals surface area contributed by atoms with Crippen LogP contribution in [0.4, 0.5) is 0 Å². The minimum Gasteiger partial charge on any atom is -0.382 e. The highest BCUT2D eigenvalue weighted by molar-refractivity contribution is 7.91. The molecule has 1 heterocycles. The van der Waals surface area contributed by atoms with Gasteiger partial charge < -0.3 is 10.1 Å². The van der Waals surface area contributed by atoms with Gasteiger partial charge in [0.25, 0.3) is 0 Å². The second kappa shape index (κ2) is 7.51. The van der Waals surface area contributed by atoms with Gasteiger partial charge in [0.2, 0.25) is 10.0 Å². The summed E-state index contributed by atoms with van der Waals surface area (Å²) in [6.07, 6.45) is 3.16. The molecule has 1 aromatic heterocycles. The van der Waals surface area contributed by atoms with E-state index in [0.717, 1.165) is 11.4 Å². The van der Waals surface area contributed by atoms with Crippen molar-refractivity contribution in [1.29, 1.82) is 0 Å². The molecule has 0 atom stereocenters. The van der Waals surface area contributed by atoms with E-state index in [0.29, 0.717) is 36.4 Å². The maximum Gasteiger partial charge on any atom is 0.250 e. The summed E-state index contributed by atoms with van der Waals surface area (Å²) < 4.78 is 32.3. The topological polar surface area (TPSA) is 67.4 Å². The van der Waals surface area contributed by atoms with Crippen molar-refractivity contribution in [3.05, 3.63) is 17.0 Å². The highest BCUT2D eigenvalue weighted by Gasteiger charge is 2.21. The number of sulfonamides is 1. The Balaban J connectivity index is 1.78. The highest BCUT2D eigenvalue weighted by atomic mass is 32.2. The molecule has 5 nitrogen and oxygen atoms in total. The van der Waals surface area contributed by atoms with Gasteiger partial charge in [0.05, 0.1) is 0 Å². The van der Waals surface area contributed by atoms with Gasteiger partial charge in [-0.15, -0.1) is 11.3 Å². The molecule has 114 valence electrons. The van der Waals surface area contributed by atoms with E-state index in [1.165, 1.54) is 24.2 Å². The van der Waals surface area contributed by atoms with E-state index in [-0.39, 0.29) is 0 Å². The van der Waals surface area contributed by atoms with Crippen LogP contribution in [0.5, 0.6) is 0 Å². The molecular weight excluding hydrogens is 296 g/mol. The van der Waals surface area contributed by atoms with Gasteiger partial charge in [-0.05, 0) is 38.3 Å². The van der Waals surface area contributed by atoms with Crippen LogP contribution in [0.25, 0.3) is 0 Å². The predicted octanol–water partition coefficient (Wildman–Crippen LogP) is 1.70. The van der Waals surface area contributed by atoms with Crippen LogP contribution < -0.4 is 10.0 Å². The Bertz CT molecular complexity index is 509. The van der Waals surface area contributed by atoms with Crippen LogP contribution in [-0.4, -0.2) is 34.2 Å². The standard InChI is InChI=1S/C13H22N2O3S2/c1-2-18-9-3-8-15-20(16,17)13-7-6-12(19-13)10-14-11-4-5-11/h6-7,11,14-15H,2-5,8-10H2,1H3. The summed E-state index contributed by atoms with van der Waals surface area (Å²) in [4.78, 5) is 1.06. The summed E-state index contributed by atoms with van der Waals surface area (Å²) in [5.74, 6) is 0. The summed E-state index contributed by atoms with van der Waals surface area (Å²) in [6, 6.07) is 4.20. The van der Waals surface area contributed by atoms with Gasteiger partial charge in [-0.2, -0.15) is 0 Å². The van der Waals surface area contributed by atoms with Crippen LogP contribution >= 0.6 is 11.3 Å². The van der Waals surface area contributed by atoms with E-state index < -0.39 is 10.0 Å². The summed E-state index contributed by atoms with van der Waals surface area (Å²) in [5, 5.41) is 3.38. The number of ether oxygens (including phenoxy) is 1. The normalized spacial score (nSPS) is 15.7. The van der Waals surface area contributed by atoms with Gasteiger partial charge in [0.15, 0.2) is 0 Å². The Labute approximate surface area is 124 Å². The van der Waals surface area contributed by atoms with E-state index >= 15 is 0 Å². The van der Waals surface area contributed by atoms with Gasteiger partial charge in [0, 0.05) is 37.2 Å². The van der Waals surface area contributed by atoms with Crippen molar-refractivity contribution in [2.24, 2.45) is 0 Å². The molecule has 0 radical (unpaired) electrons. The molecule has 0 aromatic carbocycles. The fourth-order valence-corrected chi connectivity index (χ4v) is 4.15. The van der Waals surface area contributed by atoms with Crippen molar-refractivity contribution in [2.45, 2.75) is 43.0 Å². The van der Waals surface area contributed by atoms with Crippen LogP contribution in [0.2, 0.25) is 0 Å². The number of hydrogen-bond acceptors (Lipinski definition) is 5. The predicted molar refractivity (Wildman–Crippen MR) is 80.5 cm³/mol. The zero-order chi connectivity index (χ0) is 14.4. The first-order valence-electron chi connectivity index (χ1n) is 7.01. The smallest absolute Gasteiger partial charge is 0.250 e. The lowest BCUT2D eigenvalue weighted by Gasteiger charge is -2.04. The SMILES string of the molecule is CCOCCCNS(=O)(=O)c1ccc(CNC2CC2)s1. The van der Waals surface area contributed by atoms with Gasteiger partial charge in [-0.3, -0.25) is 0 Å². The fraction of sp³-hybridized carbons (Fsp3) is 0.692. The van der Waals surface area contributed by atoms with Crippen molar-refractivity contribution >= 4 is 21.4 Å². The van der Waals surface area contributed by atoms with E-state index in [9.17, 15) is 8.42 Å². The maximum atomic E-state index is 12.1. The molecule has 0 bridgehead atoms. The third-order valence-corrected chi connectivity index (χ3v) is 6.04. The number of hydrogen-bond donors (Lipinski definition) is 2. The third kappa shape index (κ3) is 5.14. The van der Waals surface area contributed by atoms with Crippen molar-refractivity contribution in [3.63, 3.8) is 0 Å². The monoisotopic (exact) mass is 318 g/mol. The highest BCUT2D eigenvalue weighted by Crippen LogP contribution is 2.24. The molecule has 0 saturated heterocycles. The number of thiophene rings is 1. The van der Waals surface area contributed by atoms with Crippen molar-refractivity contribution in [1.82, 2.24) is 10.0 Å². The molecule has 2 N–H and O–H groups in total. The molecule has 1 aliphatic carbocycles. The van der Waals surface area contributed by atoms with E-state index in [1.54, 1.807) is 6.07 Å². The Hall–Kier alpha value is -0.470. The van der Waals surface area contributed by atoms with Crippen LogP contribution in [0.15, 0.2) is 16.3 Å². The Morgan fingerprint density at radius 1 is 1.40 bits per heavy atom. The van der Waals surface area contributed by atoms with Gasteiger partial charge in [-0.1, -0.05) is 0 Å². The lowest BCUT2D eigenvalue weighted by molar-refractivity contribution is 0.146. The quantitative estimate of drug-likeness (QED) is 0.645. The third-order valence-electron chi connectivity index (χ3n) is 3.01. The van der Waals surface area contributed by atoms with Gasteiger partial charge >= 0.3 is 0 Å². The second-order valence-electron chi connectivity index (χ2n) is 4.82. The van der Waals surface area contributed by atoms with Crippen molar-refractivity contribution < 1.29 is 13.2 Å². The summed E-state index contributed by atoms with van der Waals surface area (Å²) >= 11 is 1.33. The first-order chi connectivity index (χ1) is 9.62. The number of nitrogens with one attached hydrogen (secondary N) is 2. The molecule has 20 heavy (non-hydrogen) atoms. The zero-order valence-electron chi connectivity index (χ0n) is 11.7. The van der Waals surface area contributed by atoms with E-state index in [2.05, 4.69) is 10.0 Å². The Kier molecular flexibility index (Phi) is 5.98. The molecular formula is C13H22N2O3S2. The first kappa shape index (κ1) is 15.9. The zero-order valence-corrected chi connectivity index (χ0v) is 13.4. The lowest BCUT2D eigenvalue weighted by atomic mass is 10.4. The lowest BCUT2D eigenvalue weighted by Crippen LogP contribution is -2.24. The van der Waals surface area contributed by atoms with E-state index in [1.807, 2.05) is 13.0 Å². The molecule has 1 saturated carbocycles. The summed E-state index contributed by atoms with van der Waals surface area (Å²) in [6.45, 7) is 4.34. The largest absolute Gasteiger partial charge is 0.382 e. The molecule has 7 heteroatoms. The average molecular weight is 318 g/mol. The summed E-state index contributed by atoms with van der Waals surface area (Å²) in [7, 11) is -3.36. The van der Waals surface area contributed by atoms with Crippen LogP contribution in [0, 0.1) is 0 Å². The van der Waals surface area contributed by atoms with Gasteiger partial charge in [0.1, 0.15) is 4.21 Å². The van der Waals surface area contributed by atoms with E-state index in [4.69, 9.17) is 4.74 Å². The van der Waals surface area contributed by atoms with Crippen LogP contribution in [-0.2, 0) is 21.3 Å². The van der Waals surface area contributed by atoms with Crippen molar-refractivity contribution in [2.75, 3.05) is 19.8 Å². The molecule has 1 aromatic rings.